The molecule has 6 heteroatoms. The van der Waals surface area contributed by atoms with Crippen LogP contribution in [0.15, 0.2) is 85.1 Å². The number of pyridine rings is 1. The summed E-state index contributed by atoms with van der Waals surface area (Å²) in [6.45, 7) is 17.7. The number of anilines is 3. The number of aromatic nitrogens is 2. The molecule has 2 aromatic heterocycles. The molecule has 4 aromatic carbocycles. The van der Waals surface area contributed by atoms with Crippen molar-refractivity contribution in [2.24, 2.45) is 0 Å². The molecule has 5 nitrogen and oxygen atoms in total. The maximum Gasteiger partial charge on any atom is 2.00 e. The zero-order valence-electron chi connectivity index (χ0n) is 32.8. The minimum absolute atomic E-state index is 0. The Labute approximate surface area is 310 Å². The van der Waals surface area contributed by atoms with Gasteiger partial charge in [-0.05, 0) is 63.1 Å². The monoisotopic (exact) mass is 832 g/mol. The number of ether oxygens (including phenoxy) is 1. The Morgan fingerprint density at radius 1 is 0.694 bits per heavy atom. The van der Waals surface area contributed by atoms with Gasteiger partial charge in [-0.2, -0.15) is 6.07 Å². The Morgan fingerprint density at radius 3 is 2.08 bits per heavy atom. The van der Waals surface area contributed by atoms with Crippen LogP contribution >= 0.6 is 0 Å². The Bertz CT molecular complexity index is 2290. The summed E-state index contributed by atoms with van der Waals surface area (Å²) in [5.41, 5.74) is 7.39. The molecule has 0 fully saturated rings. The van der Waals surface area contributed by atoms with Crippen LogP contribution in [0.5, 0.6) is 11.5 Å². The number of hydrogen-bond donors (Lipinski definition) is 0. The standard InChI is InChI=1S/C43H46N4O.Pt/c1-41(2,3)28-15-18-36-35(23-28)34-17-16-32(26-39(34)47(36)40-24-29(19-20-44-40)42(4,5)6)48-33-22-30(43(7,8)9)21-31(25-33)46-27-45(10)37-13-11-12-14-38(37)46;/h11-24H,27H2,1-10H3;/q-2;+2/i10D3;. The van der Waals surface area contributed by atoms with E-state index in [1.807, 2.05) is 47.5 Å². The van der Waals surface area contributed by atoms with Crippen molar-refractivity contribution in [1.82, 2.24) is 9.55 Å². The summed E-state index contributed by atoms with van der Waals surface area (Å²) in [7, 11) is 0. The summed E-state index contributed by atoms with van der Waals surface area (Å²) < 4.78 is 33.4. The number of hydrogen-bond acceptors (Lipinski definition) is 4. The van der Waals surface area contributed by atoms with Crippen LogP contribution in [0, 0.1) is 12.1 Å². The van der Waals surface area contributed by atoms with Gasteiger partial charge < -0.3 is 19.1 Å². The average Bonchev–Trinajstić information content (AvgIpc) is 3.59. The van der Waals surface area contributed by atoms with E-state index in [4.69, 9.17) is 13.8 Å². The second-order valence-corrected chi connectivity index (χ2v) is 16.0. The molecule has 0 bridgehead atoms. The van der Waals surface area contributed by atoms with Gasteiger partial charge >= 0.3 is 21.1 Å². The zero-order chi connectivity index (χ0) is 36.7. The Hall–Kier alpha value is -4.08. The fourth-order valence-corrected chi connectivity index (χ4v) is 6.40. The molecule has 7 rings (SSSR count). The maximum absolute atomic E-state index is 8.20. The van der Waals surface area contributed by atoms with E-state index in [9.17, 15) is 0 Å². The van der Waals surface area contributed by atoms with Gasteiger partial charge in [0.05, 0.1) is 18.0 Å². The first-order chi connectivity index (χ1) is 23.8. The second-order valence-electron chi connectivity index (χ2n) is 16.0. The van der Waals surface area contributed by atoms with Crippen LogP contribution in [0.25, 0.3) is 27.6 Å². The van der Waals surface area contributed by atoms with Crippen LogP contribution in [0.1, 0.15) is 83.1 Å². The van der Waals surface area contributed by atoms with Crippen LogP contribution in [-0.4, -0.2) is 23.2 Å². The molecule has 1 aliphatic rings. The van der Waals surface area contributed by atoms with Crippen molar-refractivity contribution in [3.63, 3.8) is 0 Å². The summed E-state index contributed by atoms with van der Waals surface area (Å²) in [5, 5.41) is 2.20. The molecule has 3 heterocycles. The molecule has 0 saturated carbocycles. The van der Waals surface area contributed by atoms with E-state index in [1.165, 1.54) is 16.0 Å². The molecule has 0 aliphatic carbocycles. The fraction of sp³-hybridized carbons (Fsp3) is 0.326. The van der Waals surface area contributed by atoms with Crippen LogP contribution in [0.2, 0.25) is 0 Å². The summed E-state index contributed by atoms with van der Waals surface area (Å²) in [4.78, 5) is 8.31. The molecule has 0 radical (unpaired) electrons. The third-order valence-electron chi connectivity index (χ3n) is 9.31. The predicted octanol–water partition coefficient (Wildman–Crippen LogP) is 11.0. The van der Waals surface area contributed by atoms with Gasteiger partial charge in [0, 0.05) is 34.3 Å². The quantitative estimate of drug-likeness (QED) is 0.166. The molecular weight excluding hydrogens is 784 g/mol. The SMILES string of the molecule is [2H]C([2H])([2H])N1CN(c2[c-]c(Oc3[c-]c4c(cc3)c3cc(C(C)(C)C)ccc3n4-c3cc(C(C)(C)C)ccn3)cc(C(C)(C)C)c2)c2ccccc21.[Pt+2]. The minimum Gasteiger partial charge on any atom is -0.509 e. The number of nitrogens with zero attached hydrogens (tertiary/aromatic N) is 4. The van der Waals surface area contributed by atoms with Crippen molar-refractivity contribution >= 4 is 38.9 Å². The molecule has 0 spiro atoms. The van der Waals surface area contributed by atoms with Crippen LogP contribution in [0.4, 0.5) is 17.1 Å². The first kappa shape index (κ1) is 30.9. The smallest absolute Gasteiger partial charge is 0.509 e. The zero-order valence-corrected chi connectivity index (χ0v) is 32.1. The third kappa shape index (κ3) is 6.51. The average molecular weight is 833 g/mol. The van der Waals surface area contributed by atoms with E-state index in [0.717, 1.165) is 44.6 Å². The van der Waals surface area contributed by atoms with Crippen molar-refractivity contribution in [1.29, 1.82) is 0 Å². The van der Waals surface area contributed by atoms with E-state index < -0.39 is 6.98 Å². The van der Waals surface area contributed by atoms with Crippen LogP contribution in [0.3, 0.4) is 0 Å². The molecular formula is C43H46N4OPt. The number of para-hydroxylation sites is 2. The topological polar surface area (TPSA) is 33.5 Å². The van der Waals surface area contributed by atoms with Crippen molar-refractivity contribution in [3.8, 4) is 17.3 Å². The van der Waals surface area contributed by atoms with Gasteiger partial charge in [-0.25, -0.2) is 4.98 Å². The van der Waals surface area contributed by atoms with Crippen molar-refractivity contribution < 1.29 is 29.9 Å². The Balaban J connectivity index is 0.00000464. The molecule has 6 aromatic rings. The second kappa shape index (κ2) is 12.4. The minimum atomic E-state index is -2.29. The molecule has 1 aliphatic heterocycles. The van der Waals surface area contributed by atoms with Gasteiger partial charge in [0.15, 0.2) is 0 Å². The van der Waals surface area contributed by atoms with Gasteiger partial charge in [0.1, 0.15) is 5.82 Å². The summed E-state index contributed by atoms with van der Waals surface area (Å²) in [5.74, 6) is 1.91. The van der Waals surface area contributed by atoms with E-state index in [2.05, 4.69) is 121 Å². The van der Waals surface area contributed by atoms with E-state index in [0.29, 0.717) is 17.2 Å². The van der Waals surface area contributed by atoms with Crippen LogP contribution < -0.4 is 14.5 Å². The molecule has 0 atom stereocenters. The van der Waals surface area contributed by atoms with Gasteiger partial charge in [-0.1, -0.05) is 97.8 Å². The van der Waals surface area contributed by atoms with E-state index in [-0.39, 0.29) is 44.0 Å². The van der Waals surface area contributed by atoms with E-state index in [1.54, 1.807) is 0 Å². The molecule has 0 saturated heterocycles. The molecule has 254 valence electrons. The van der Waals surface area contributed by atoms with Gasteiger partial charge in [0.2, 0.25) is 0 Å². The van der Waals surface area contributed by atoms with Gasteiger partial charge in [-0.15, -0.1) is 41.3 Å². The fourth-order valence-electron chi connectivity index (χ4n) is 6.40. The number of benzene rings is 4. The Morgan fingerprint density at radius 2 is 1.39 bits per heavy atom. The molecule has 0 N–H and O–H groups in total. The largest absolute Gasteiger partial charge is 2.00 e. The maximum atomic E-state index is 8.20. The molecule has 0 unspecified atom stereocenters. The number of fused-ring (bicyclic) bond motifs is 4. The third-order valence-corrected chi connectivity index (χ3v) is 9.31. The van der Waals surface area contributed by atoms with E-state index >= 15 is 0 Å². The van der Waals surface area contributed by atoms with Crippen molar-refractivity contribution in [2.75, 3.05) is 23.4 Å². The number of rotatable bonds is 4. The van der Waals surface area contributed by atoms with Crippen molar-refractivity contribution in [3.05, 3.63) is 114 Å². The summed E-state index contributed by atoms with van der Waals surface area (Å²) >= 11 is 0. The first-order valence-corrected chi connectivity index (χ1v) is 16.7. The van der Waals surface area contributed by atoms with Gasteiger partial charge in [0.25, 0.3) is 0 Å². The normalized spacial score (nSPS) is 14.8. The summed E-state index contributed by atoms with van der Waals surface area (Å²) in [6.07, 6.45) is 1.88. The predicted molar refractivity (Wildman–Crippen MR) is 201 cm³/mol. The molecule has 49 heavy (non-hydrogen) atoms. The summed E-state index contributed by atoms with van der Waals surface area (Å²) in [6, 6.07) is 33.8. The molecule has 0 amide bonds. The first-order valence-electron chi connectivity index (χ1n) is 18.2. The van der Waals surface area contributed by atoms with Crippen molar-refractivity contribution in [2.45, 2.75) is 78.6 Å². The Kier molecular flexibility index (Phi) is 7.80. The van der Waals surface area contributed by atoms with Gasteiger partial charge in [-0.3, -0.25) is 0 Å². The van der Waals surface area contributed by atoms with Crippen LogP contribution in [-0.2, 0) is 37.3 Å².